The van der Waals surface area contributed by atoms with E-state index < -0.39 is 212 Å². The van der Waals surface area contributed by atoms with Gasteiger partial charge in [-0.05, 0) is 0 Å². The summed E-state index contributed by atoms with van der Waals surface area (Å²) in [6, 6.07) is 0. The van der Waals surface area contributed by atoms with Crippen LogP contribution in [0.3, 0.4) is 0 Å². The Labute approximate surface area is 355 Å². The predicted molar refractivity (Wildman–Crippen MR) is 187 cm³/mol. The molecule has 6 fully saturated rings. The maximum atomic E-state index is 11.5. The summed E-state index contributed by atoms with van der Waals surface area (Å²) in [6.45, 7) is -4.44. The van der Waals surface area contributed by atoms with E-state index in [4.69, 9.17) is 52.1 Å². The Morgan fingerprint density at radius 1 is 0.333 bits per heavy atom. The third-order valence-electron chi connectivity index (χ3n) is 11.6. The molecule has 6 aliphatic rings. The molecule has 0 unspecified atom stereocenters. The molecule has 0 amide bonds. The first-order valence-electron chi connectivity index (χ1n) is 19.9. The molecule has 28 atom stereocenters. The first kappa shape index (κ1) is 51.2. The number of aliphatic hydroxyl groups is 18. The molecule has 18 N–H and O–H groups in total. The van der Waals surface area contributed by atoms with Crippen molar-refractivity contribution in [2.45, 2.75) is 172 Å². The maximum absolute atomic E-state index is 11.5. The minimum Gasteiger partial charge on any atom is -0.394 e. The Morgan fingerprint density at radius 3 is 1.10 bits per heavy atom. The van der Waals surface area contributed by atoms with Crippen LogP contribution in [-0.2, 0) is 52.1 Å². The van der Waals surface area contributed by atoms with Crippen molar-refractivity contribution in [3.8, 4) is 0 Å². The van der Waals surface area contributed by atoms with Crippen molar-refractivity contribution in [2.75, 3.05) is 39.6 Å². The van der Waals surface area contributed by atoms with E-state index >= 15 is 0 Å². The van der Waals surface area contributed by atoms with Crippen molar-refractivity contribution in [3.05, 3.63) is 0 Å². The molecule has 6 aliphatic heterocycles. The van der Waals surface area contributed by atoms with E-state index in [1.165, 1.54) is 0 Å². The van der Waals surface area contributed by atoms with Gasteiger partial charge in [-0.15, -0.1) is 0 Å². The van der Waals surface area contributed by atoms with E-state index in [-0.39, 0.29) is 0 Å². The fourth-order valence-corrected chi connectivity index (χ4v) is 7.75. The molecule has 368 valence electrons. The number of hydrogen-bond acceptors (Lipinski definition) is 29. The van der Waals surface area contributed by atoms with E-state index in [2.05, 4.69) is 0 Å². The highest BCUT2D eigenvalue weighted by Crippen LogP contribution is 2.35. The van der Waals surface area contributed by atoms with Crippen molar-refractivity contribution >= 4 is 0 Å². The van der Waals surface area contributed by atoms with Gasteiger partial charge in [-0.3, -0.25) is 0 Å². The van der Waals surface area contributed by atoms with Crippen LogP contribution in [0.1, 0.15) is 0 Å². The largest absolute Gasteiger partial charge is 0.394 e. The van der Waals surface area contributed by atoms with Crippen molar-refractivity contribution in [1.82, 2.24) is 0 Å². The summed E-state index contributed by atoms with van der Waals surface area (Å²) in [7, 11) is 0. The number of ether oxygens (including phenoxy) is 11. The lowest BCUT2D eigenvalue weighted by atomic mass is 9.95. The highest BCUT2D eigenvalue weighted by Gasteiger charge is 2.56. The number of rotatable bonds is 14. The molecule has 0 aromatic rings. The Balaban J connectivity index is 1.25. The summed E-state index contributed by atoms with van der Waals surface area (Å²) in [5.41, 5.74) is 0. The highest BCUT2D eigenvalue weighted by molar-refractivity contribution is 4.98. The monoisotopic (exact) mass is 930 g/mol. The first-order valence-corrected chi connectivity index (χ1v) is 19.9. The smallest absolute Gasteiger partial charge is 0.187 e. The molecule has 0 aromatic carbocycles. The number of hydrogen-bond donors (Lipinski definition) is 18. The Morgan fingerprint density at radius 2 is 0.683 bits per heavy atom. The van der Waals surface area contributed by atoms with Gasteiger partial charge in [0.05, 0.1) is 39.6 Å². The molecule has 6 rings (SSSR count). The van der Waals surface area contributed by atoms with E-state index in [0.717, 1.165) is 0 Å². The summed E-state index contributed by atoms with van der Waals surface area (Å²) >= 11 is 0. The van der Waals surface area contributed by atoms with Crippen LogP contribution >= 0.6 is 0 Å². The summed E-state index contributed by atoms with van der Waals surface area (Å²) in [5, 5.41) is 188. The Hall–Kier alpha value is -1.16. The molecule has 0 bridgehead atoms. The third-order valence-corrected chi connectivity index (χ3v) is 11.6. The molecule has 29 heteroatoms. The molecule has 29 nitrogen and oxygen atoms in total. The van der Waals surface area contributed by atoms with Crippen LogP contribution in [0.15, 0.2) is 0 Å². The van der Waals surface area contributed by atoms with Crippen molar-refractivity contribution in [1.29, 1.82) is 0 Å². The molecular weight excluding hydrogens is 872 g/mol. The average molecular weight is 931 g/mol. The van der Waals surface area contributed by atoms with Crippen molar-refractivity contribution < 1.29 is 144 Å². The molecule has 0 spiro atoms. The van der Waals surface area contributed by atoms with Gasteiger partial charge in [-0.2, -0.15) is 0 Å². The maximum Gasteiger partial charge on any atom is 0.187 e. The first-order chi connectivity index (χ1) is 29.8. The molecule has 0 aliphatic carbocycles. The summed E-state index contributed by atoms with van der Waals surface area (Å²) in [4.78, 5) is 0. The van der Waals surface area contributed by atoms with E-state index in [1.54, 1.807) is 0 Å². The van der Waals surface area contributed by atoms with Crippen molar-refractivity contribution in [3.63, 3.8) is 0 Å². The van der Waals surface area contributed by atoms with Gasteiger partial charge in [0.25, 0.3) is 0 Å². The van der Waals surface area contributed by atoms with E-state index in [0.29, 0.717) is 0 Å². The summed E-state index contributed by atoms with van der Waals surface area (Å²) < 4.78 is 61.2. The van der Waals surface area contributed by atoms with Gasteiger partial charge in [0.15, 0.2) is 37.7 Å². The van der Waals surface area contributed by atoms with Crippen LogP contribution in [0.5, 0.6) is 0 Å². The molecule has 63 heavy (non-hydrogen) atoms. The second-order valence-corrected chi connectivity index (χ2v) is 15.9. The zero-order valence-corrected chi connectivity index (χ0v) is 32.9. The second-order valence-electron chi connectivity index (χ2n) is 15.9. The third kappa shape index (κ3) is 10.9. The van der Waals surface area contributed by atoms with Gasteiger partial charge < -0.3 is 144 Å². The van der Waals surface area contributed by atoms with Gasteiger partial charge in [0, 0.05) is 0 Å². The number of aliphatic hydroxyl groups excluding tert-OH is 18. The molecular formula is C34H58O29. The Kier molecular flexibility index (Phi) is 17.8. The predicted octanol–water partition coefficient (Wildman–Crippen LogP) is -12.8. The molecule has 6 heterocycles. The minimum absolute atomic E-state index is 0.513. The van der Waals surface area contributed by atoms with Crippen LogP contribution in [0.2, 0.25) is 0 Å². The lowest BCUT2D eigenvalue weighted by Gasteiger charge is -2.49. The lowest BCUT2D eigenvalue weighted by Crippen LogP contribution is -2.68. The van der Waals surface area contributed by atoms with Gasteiger partial charge in [-0.25, -0.2) is 0 Å². The van der Waals surface area contributed by atoms with Gasteiger partial charge in [-0.1, -0.05) is 0 Å². The molecule has 0 aromatic heterocycles. The standard InChI is InChI=1S/C34H58O29/c35-1-9-15(41)16(42)23(49)32(58-9)62-27-11(5-55-30-21(47)13(39)7(37)3-53-30)60-34(25(51)19(27)45)63-28-12(6-56-31-22(48)14(40)8(38)4-54-31)59-33(24(50)18(28)44)61-26-10(2-36)57-29(52)20(46)17(26)43/h7-52H,1-6H2/t7-,8-,9-,10-,11-,12-,13+,14+,15-,16+,17-,18-,19-,20-,21-,22-,23-,24-,25-,26-,27-,28-,29-,30-,31-,32+,33+,34+/m1/s1. The zero-order valence-electron chi connectivity index (χ0n) is 32.9. The van der Waals surface area contributed by atoms with Crippen LogP contribution in [-0.4, -0.2) is 304 Å². The summed E-state index contributed by atoms with van der Waals surface area (Å²) in [6.07, 6.45) is -52.2. The average Bonchev–Trinajstić information content (AvgIpc) is 3.26. The highest BCUT2D eigenvalue weighted by atomic mass is 16.8. The molecule has 0 radical (unpaired) electrons. The van der Waals surface area contributed by atoms with Gasteiger partial charge in [0.1, 0.15) is 134 Å². The fourth-order valence-electron chi connectivity index (χ4n) is 7.75. The van der Waals surface area contributed by atoms with Gasteiger partial charge >= 0.3 is 0 Å². The van der Waals surface area contributed by atoms with Crippen LogP contribution in [0.4, 0.5) is 0 Å². The minimum atomic E-state index is -2.22. The molecule has 0 saturated carbocycles. The normalized spacial score (nSPS) is 53.6. The van der Waals surface area contributed by atoms with E-state index in [9.17, 15) is 91.9 Å². The topological polar surface area (TPSA) is 466 Å². The van der Waals surface area contributed by atoms with Crippen molar-refractivity contribution in [2.24, 2.45) is 0 Å². The molecule has 6 saturated heterocycles. The second kappa shape index (κ2) is 21.9. The van der Waals surface area contributed by atoms with Gasteiger partial charge in [0.2, 0.25) is 0 Å². The fraction of sp³-hybridized carbons (Fsp3) is 1.00. The zero-order chi connectivity index (χ0) is 46.2. The SMILES string of the molecule is OC[C@H]1O[C@@H](O[C@H]2[C@H](O)[C@@H](O)[C@H](O[C@H]3[C@H](O)[C@@H](O)[C@H](O[C@H]4[C@H](O)[C@@H](O)[C@H](O)O[C@@H]4CO)O[C@@H]3CO[C@H]3OC[C@@H](O)[C@H](O)[C@H]3O)O[C@@H]2CO[C@H]2OC[C@@H](O)[C@H](O)[C@H]2O)[C@H](O)[C@@H](O)[C@@H]1O. The van der Waals surface area contributed by atoms with Crippen LogP contribution in [0, 0.1) is 0 Å². The van der Waals surface area contributed by atoms with E-state index in [1.807, 2.05) is 0 Å². The quantitative estimate of drug-likeness (QED) is 0.0769. The lowest BCUT2D eigenvalue weighted by molar-refractivity contribution is -0.393. The van der Waals surface area contributed by atoms with Crippen LogP contribution in [0.25, 0.3) is 0 Å². The Bertz CT molecular complexity index is 1400. The van der Waals surface area contributed by atoms with Crippen LogP contribution < -0.4 is 0 Å². The summed E-state index contributed by atoms with van der Waals surface area (Å²) in [5.74, 6) is 0.